The van der Waals surface area contributed by atoms with Crippen molar-refractivity contribution in [3.8, 4) is 0 Å². The SMILES string of the molecule is c1ccc2c(c1)oc1ccc(CNC3CN4CCC3CC4)cc12. The van der Waals surface area contributed by atoms with Crippen molar-refractivity contribution in [3.63, 3.8) is 0 Å². The number of nitrogens with one attached hydrogen (secondary N) is 1. The molecule has 1 unspecified atom stereocenters. The smallest absolute Gasteiger partial charge is 0.135 e. The van der Waals surface area contributed by atoms with E-state index < -0.39 is 0 Å². The lowest BCUT2D eigenvalue weighted by molar-refractivity contribution is 0.0720. The zero-order valence-corrected chi connectivity index (χ0v) is 13.3. The Kier molecular flexibility index (Phi) is 3.17. The number of hydrogen-bond donors (Lipinski definition) is 1. The first-order valence-corrected chi connectivity index (χ1v) is 8.73. The molecular formula is C20H22N2O. The Morgan fingerprint density at radius 2 is 1.83 bits per heavy atom. The molecule has 0 radical (unpaired) electrons. The van der Waals surface area contributed by atoms with Gasteiger partial charge in [0.05, 0.1) is 0 Å². The van der Waals surface area contributed by atoms with Crippen LogP contribution in [-0.2, 0) is 6.54 Å². The van der Waals surface area contributed by atoms with E-state index in [0.29, 0.717) is 6.04 Å². The van der Waals surface area contributed by atoms with Gasteiger partial charge in [0, 0.05) is 29.9 Å². The summed E-state index contributed by atoms with van der Waals surface area (Å²) >= 11 is 0. The van der Waals surface area contributed by atoms with Gasteiger partial charge in [-0.25, -0.2) is 0 Å². The average Bonchev–Trinajstić information content (AvgIpc) is 2.99. The van der Waals surface area contributed by atoms with E-state index in [1.165, 1.54) is 48.8 Å². The number of furan rings is 1. The highest BCUT2D eigenvalue weighted by atomic mass is 16.3. The summed E-state index contributed by atoms with van der Waals surface area (Å²) in [5, 5.41) is 6.25. The maximum absolute atomic E-state index is 5.92. The number of benzene rings is 2. The number of rotatable bonds is 3. The Bertz CT molecular complexity index is 845. The van der Waals surface area contributed by atoms with Crippen LogP contribution in [0.3, 0.4) is 0 Å². The van der Waals surface area contributed by atoms with Crippen LogP contribution in [0.1, 0.15) is 18.4 Å². The van der Waals surface area contributed by atoms with Gasteiger partial charge in [-0.15, -0.1) is 0 Å². The van der Waals surface area contributed by atoms with Gasteiger partial charge in [0.1, 0.15) is 11.2 Å². The molecule has 3 aliphatic rings. The lowest BCUT2D eigenvalue weighted by Gasteiger charge is -2.45. The summed E-state index contributed by atoms with van der Waals surface area (Å²) < 4.78 is 5.92. The Morgan fingerprint density at radius 3 is 2.65 bits per heavy atom. The van der Waals surface area contributed by atoms with E-state index in [1.807, 2.05) is 12.1 Å². The fourth-order valence-electron chi connectivity index (χ4n) is 4.33. The number of para-hydroxylation sites is 1. The topological polar surface area (TPSA) is 28.4 Å². The predicted octanol–water partition coefficient (Wildman–Crippen LogP) is 3.77. The molecule has 0 saturated carbocycles. The second-order valence-electron chi connectivity index (χ2n) is 7.05. The van der Waals surface area contributed by atoms with E-state index in [-0.39, 0.29) is 0 Å². The molecule has 23 heavy (non-hydrogen) atoms. The van der Waals surface area contributed by atoms with Crippen LogP contribution >= 0.6 is 0 Å². The lowest BCUT2D eigenvalue weighted by atomic mass is 9.84. The van der Waals surface area contributed by atoms with Crippen molar-refractivity contribution in [1.82, 2.24) is 10.2 Å². The highest BCUT2D eigenvalue weighted by Gasteiger charge is 2.33. The van der Waals surface area contributed by atoms with Crippen LogP contribution < -0.4 is 5.32 Å². The molecule has 0 aliphatic carbocycles. The van der Waals surface area contributed by atoms with Crippen molar-refractivity contribution >= 4 is 21.9 Å². The Morgan fingerprint density at radius 1 is 1.00 bits per heavy atom. The van der Waals surface area contributed by atoms with Crippen LogP contribution in [-0.4, -0.2) is 30.6 Å². The minimum atomic E-state index is 0.661. The summed E-state index contributed by atoms with van der Waals surface area (Å²) in [6.45, 7) is 4.78. The summed E-state index contributed by atoms with van der Waals surface area (Å²) in [5.41, 5.74) is 3.31. The van der Waals surface area contributed by atoms with Crippen molar-refractivity contribution < 1.29 is 4.42 Å². The van der Waals surface area contributed by atoms with E-state index >= 15 is 0 Å². The van der Waals surface area contributed by atoms with Crippen molar-refractivity contribution in [2.24, 2.45) is 5.92 Å². The van der Waals surface area contributed by atoms with Crippen molar-refractivity contribution in [2.45, 2.75) is 25.4 Å². The van der Waals surface area contributed by atoms with Crippen molar-refractivity contribution in [3.05, 3.63) is 48.0 Å². The van der Waals surface area contributed by atoms with Gasteiger partial charge in [-0.1, -0.05) is 24.3 Å². The Hall–Kier alpha value is -1.84. The van der Waals surface area contributed by atoms with E-state index in [9.17, 15) is 0 Å². The summed E-state index contributed by atoms with van der Waals surface area (Å²) in [6, 6.07) is 15.6. The minimum Gasteiger partial charge on any atom is -0.456 e. The van der Waals surface area contributed by atoms with Gasteiger partial charge < -0.3 is 14.6 Å². The molecule has 1 N–H and O–H groups in total. The molecule has 3 nitrogen and oxygen atoms in total. The van der Waals surface area contributed by atoms with Gasteiger partial charge in [-0.2, -0.15) is 0 Å². The zero-order valence-electron chi connectivity index (χ0n) is 13.3. The van der Waals surface area contributed by atoms with Gasteiger partial charge in [0.25, 0.3) is 0 Å². The first kappa shape index (κ1) is 13.6. The van der Waals surface area contributed by atoms with E-state index in [4.69, 9.17) is 4.42 Å². The third-order valence-corrected chi connectivity index (χ3v) is 5.67. The molecule has 1 aromatic heterocycles. The van der Waals surface area contributed by atoms with E-state index in [2.05, 4.69) is 40.5 Å². The quantitative estimate of drug-likeness (QED) is 0.798. The molecule has 3 heteroatoms. The third kappa shape index (κ3) is 2.35. The second-order valence-corrected chi connectivity index (χ2v) is 7.05. The highest BCUT2D eigenvalue weighted by molar-refractivity contribution is 6.04. The summed E-state index contributed by atoms with van der Waals surface area (Å²) in [6.07, 6.45) is 2.73. The van der Waals surface area contributed by atoms with Crippen LogP contribution in [0.15, 0.2) is 46.9 Å². The molecule has 118 valence electrons. The molecule has 3 saturated heterocycles. The maximum atomic E-state index is 5.92. The summed E-state index contributed by atoms with van der Waals surface area (Å²) in [4.78, 5) is 2.60. The van der Waals surface area contributed by atoms with Crippen molar-refractivity contribution in [2.75, 3.05) is 19.6 Å². The van der Waals surface area contributed by atoms with Crippen LogP contribution in [0, 0.1) is 5.92 Å². The lowest BCUT2D eigenvalue weighted by Crippen LogP contribution is -2.55. The molecule has 4 heterocycles. The molecule has 3 aliphatic heterocycles. The molecule has 6 rings (SSSR count). The van der Waals surface area contributed by atoms with Gasteiger partial charge in [0.15, 0.2) is 0 Å². The molecule has 0 spiro atoms. The van der Waals surface area contributed by atoms with Crippen molar-refractivity contribution in [1.29, 1.82) is 0 Å². The minimum absolute atomic E-state index is 0.661. The number of nitrogens with zero attached hydrogens (tertiary/aromatic N) is 1. The number of hydrogen-bond acceptors (Lipinski definition) is 3. The monoisotopic (exact) mass is 306 g/mol. The molecule has 1 atom stereocenters. The van der Waals surface area contributed by atoms with E-state index in [1.54, 1.807) is 0 Å². The molecule has 3 aromatic rings. The first-order valence-electron chi connectivity index (χ1n) is 8.73. The van der Waals surface area contributed by atoms with E-state index in [0.717, 1.165) is 23.6 Å². The maximum Gasteiger partial charge on any atom is 0.135 e. The zero-order chi connectivity index (χ0) is 15.2. The Balaban J connectivity index is 1.39. The predicted molar refractivity (Wildman–Crippen MR) is 93.5 cm³/mol. The largest absolute Gasteiger partial charge is 0.456 e. The van der Waals surface area contributed by atoms with Crippen LogP contribution in [0.5, 0.6) is 0 Å². The highest BCUT2D eigenvalue weighted by Crippen LogP contribution is 2.30. The average molecular weight is 306 g/mol. The fourth-order valence-corrected chi connectivity index (χ4v) is 4.33. The number of fused-ring (bicyclic) bond motifs is 6. The van der Waals surface area contributed by atoms with Gasteiger partial charge in [0.2, 0.25) is 0 Å². The summed E-state index contributed by atoms with van der Waals surface area (Å²) in [7, 11) is 0. The van der Waals surface area contributed by atoms with Gasteiger partial charge >= 0.3 is 0 Å². The molecule has 0 amide bonds. The standard InChI is InChI=1S/C20H22N2O/c1-2-4-19-16(3-1)17-11-14(5-6-20(17)23-19)12-21-18-13-22-9-7-15(18)8-10-22/h1-6,11,15,18,21H,7-10,12-13H2. The number of piperidine rings is 3. The summed E-state index contributed by atoms with van der Waals surface area (Å²) in [5.74, 6) is 0.874. The second kappa shape index (κ2) is 5.36. The fraction of sp³-hybridized carbons (Fsp3) is 0.400. The van der Waals surface area contributed by atoms with Crippen LogP contribution in [0.2, 0.25) is 0 Å². The normalized spacial score (nSPS) is 27.0. The Labute approximate surface area is 136 Å². The molecule has 2 aromatic carbocycles. The molecular weight excluding hydrogens is 284 g/mol. The van der Waals surface area contributed by atoms with Gasteiger partial charge in [-0.05, 0) is 55.6 Å². The van der Waals surface area contributed by atoms with Crippen LogP contribution in [0.25, 0.3) is 21.9 Å². The molecule has 2 bridgehead atoms. The van der Waals surface area contributed by atoms with Gasteiger partial charge in [-0.3, -0.25) is 0 Å². The molecule has 3 fully saturated rings. The third-order valence-electron chi connectivity index (χ3n) is 5.67. The van der Waals surface area contributed by atoms with Crippen LogP contribution in [0.4, 0.5) is 0 Å². The first-order chi connectivity index (χ1) is 11.4.